The number of hydrogen-bond acceptors (Lipinski definition) is 5. The molecule has 9 nitrogen and oxygen atoms in total. The predicted molar refractivity (Wildman–Crippen MR) is 138 cm³/mol. The average molecular weight is 615 g/mol. The highest BCUT2D eigenvalue weighted by Gasteiger charge is 2.29. The number of alkyl halides is 3. The molecule has 38 heavy (non-hydrogen) atoms. The van der Waals surface area contributed by atoms with Crippen molar-refractivity contribution in [3.05, 3.63) is 73.6 Å². The highest BCUT2D eigenvalue weighted by atomic mass is 35.5. The fourth-order valence-corrected chi connectivity index (χ4v) is 4.76. The molecule has 0 aliphatic rings. The van der Waals surface area contributed by atoms with Crippen LogP contribution >= 0.6 is 34.8 Å². The van der Waals surface area contributed by atoms with Crippen LogP contribution in [0.4, 0.5) is 13.2 Å². The van der Waals surface area contributed by atoms with Crippen LogP contribution in [0.5, 0.6) is 0 Å². The van der Waals surface area contributed by atoms with Crippen LogP contribution in [-0.4, -0.2) is 47.6 Å². The summed E-state index contributed by atoms with van der Waals surface area (Å²) in [5.41, 5.74) is -0.317. The highest BCUT2D eigenvalue weighted by Crippen LogP contribution is 2.30. The number of hydrogen-bond donors (Lipinski definition) is 2. The van der Waals surface area contributed by atoms with E-state index in [0.29, 0.717) is 16.1 Å². The summed E-state index contributed by atoms with van der Waals surface area (Å²) >= 11 is 18.1. The molecule has 206 valence electrons. The lowest BCUT2D eigenvalue weighted by atomic mass is 10.1. The summed E-state index contributed by atoms with van der Waals surface area (Å²) in [4.78, 5) is 25.6. The Bertz CT molecular complexity index is 1470. The van der Waals surface area contributed by atoms with Gasteiger partial charge in [-0.25, -0.2) is 22.6 Å². The van der Waals surface area contributed by atoms with Crippen LogP contribution in [0, 0.1) is 0 Å². The quantitative estimate of drug-likeness (QED) is 0.358. The van der Waals surface area contributed by atoms with Gasteiger partial charge in [0.2, 0.25) is 15.9 Å². The molecule has 1 heterocycles. The number of nitrogens with one attached hydrogen (secondary N) is 2. The molecule has 0 saturated carbocycles. The lowest BCUT2D eigenvalue weighted by Gasteiger charge is -2.20. The second kappa shape index (κ2) is 12.1. The molecule has 1 atom stereocenters. The Labute approximate surface area is 230 Å². The van der Waals surface area contributed by atoms with E-state index in [1.54, 1.807) is 6.07 Å². The van der Waals surface area contributed by atoms with Gasteiger partial charge in [-0.2, -0.15) is 13.2 Å². The van der Waals surface area contributed by atoms with E-state index in [4.69, 9.17) is 34.8 Å². The summed E-state index contributed by atoms with van der Waals surface area (Å²) in [5, 5.41) is 7.17. The minimum absolute atomic E-state index is 0.0777. The number of carbonyl (C=O) groups excluding carboxylic acids is 1. The van der Waals surface area contributed by atoms with Crippen molar-refractivity contribution in [2.24, 2.45) is 0 Å². The first kappa shape index (κ1) is 30.0. The minimum Gasteiger partial charge on any atom is -0.353 e. The number of aromatic nitrogens is 3. The van der Waals surface area contributed by atoms with Crippen LogP contribution in [0.25, 0.3) is 11.4 Å². The molecule has 1 aromatic heterocycles. The van der Waals surface area contributed by atoms with Crippen molar-refractivity contribution in [2.45, 2.75) is 31.7 Å². The number of carbonyl (C=O) groups is 1. The fourth-order valence-electron chi connectivity index (χ4n) is 3.47. The first-order valence-corrected chi connectivity index (χ1v) is 13.9. The third-order valence-electron chi connectivity index (χ3n) is 5.15. The van der Waals surface area contributed by atoms with Crippen molar-refractivity contribution < 1.29 is 26.4 Å². The molecule has 16 heteroatoms. The van der Waals surface area contributed by atoms with Crippen molar-refractivity contribution >= 4 is 50.7 Å². The topological polar surface area (TPSA) is 115 Å². The minimum atomic E-state index is -4.53. The predicted octanol–water partition coefficient (Wildman–Crippen LogP) is 4.03. The summed E-state index contributed by atoms with van der Waals surface area (Å²) in [6.45, 7) is -1.64. The van der Waals surface area contributed by atoms with E-state index >= 15 is 0 Å². The van der Waals surface area contributed by atoms with Crippen LogP contribution in [0.3, 0.4) is 0 Å². The Hall–Kier alpha value is -2.58. The van der Waals surface area contributed by atoms with Crippen molar-refractivity contribution in [3.8, 4) is 11.4 Å². The smallest absolute Gasteiger partial charge is 0.353 e. The van der Waals surface area contributed by atoms with Gasteiger partial charge in [0, 0.05) is 23.7 Å². The van der Waals surface area contributed by atoms with Crippen molar-refractivity contribution in [2.75, 3.05) is 12.8 Å². The second-order valence-corrected chi connectivity index (χ2v) is 11.2. The Morgan fingerprint density at radius 1 is 1.11 bits per heavy atom. The van der Waals surface area contributed by atoms with E-state index in [1.807, 2.05) is 0 Å². The van der Waals surface area contributed by atoms with Crippen LogP contribution in [-0.2, 0) is 27.9 Å². The van der Waals surface area contributed by atoms with Gasteiger partial charge in [-0.1, -0.05) is 46.9 Å². The number of rotatable bonds is 10. The maximum absolute atomic E-state index is 12.9. The number of amides is 1. The van der Waals surface area contributed by atoms with Crippen molar-refractivity contribution in [1.82, 2.24) is 24.4 Å². The Morgan fingerprint density at radius 2 is 1.76 bits per heavy atom. The molecule has 3 aromatic rings. The van der Waals surface area contributed by atoms with E-state index < -0.39 is 53.3 Å². The Kier molecular flexibility index (Phi) is 9.52. The molecule has 3 rings (SSSR count). The molecule has 1 unspecified atom stereocenters. The van der Waals surface area contributed by atoms with Crippen LogP contribution in [0.2, 0.25) is 15.1 Å². The van der Waals surface area contributed by atoms with Gasteiger partial charge in [-0.15, -0.1) is 5.10 Å². The SMILES string of the molecule is CS(=O)(=O)NC(CNC(=O)Cn1nc(-c2ccc(Cl)cc2)n(CCC(F)(F)F)c1=O)c1cccc(Cl)c1Cl. The first-order chi connectivity index (χ1) is 17.6. The largest absolute Gasteiger partial charge is 0.390 e. The van der Waals surface area contributed by atoms with E-state index in [-0.39, 0.29) is 22.4 Å². The molecule has 1 amide bonds. The molecule has 0 radical (unpaired) electrons. The first-order valence-electron chi connectivity index (χ1n) is 10.8. The molecule has 2 aromatic carbocycles. The lowest BCUT2D eigenvalue weighted by molar-refractivity contribution is -0.136. The summed E-state index contributed by atoms with van der Waals surface area (Å²) in [5.74, 6) is -0.834. The zero-order valence-electron chi connectivity index (χ0n) is 19.6. The summed E-state index contributed by atoms with van der Waals surface area (Å²) in [6.07, 6.45) is -4.89. The zero-order chi connectivity index (χ0) is 28.3. The van der Waals surface area contributed by atoms with E-state index in [0.717, 1.165) is 15.5 Å². The third kappa shape index (κ3) is 8.21. The van der Waals surface area contributed by atoms with Gasteiger partial charge >= 0.3 is 11.9 Å². The molecular weight excluding hydrogens is 594 g/mol. The number of nitrogens with zero attached hydrogens (tertiary/aromatic N) is 3. The van der Waals surface area contributed by atoms with E-state index in [9.17, 15) is 31.2 Å². The molecule has 0 aliphatic heterocycles. The summed E-state index contributed by atoms with van der Waals surface area (Å²) in [7, 11) is -3.74. The molecule has 0 aliphatic carbocycles. The third-order valence-corrected chi connectivity index (χ3v) is 6.95. The lowest BCUT2D eigenvalue weighted by Crippen LogP contribution is -2.40. The molecular formula is C22H21Cl3F3N5O4S. The molecule has 0 saturated heterocycles. The second-order valence-electron chi connectivity index (χ2n) is 8.18. The Morgan fingerprint density at radius 3 is 2.37 bits per heavy atom. The van der Waals surface area contributed by atoms with Crippen LogP contribution in [0.1, 0.15) is 18.0 Å². The van der Waals surface area contributed by atoms with Gasteiger partial charge in [0.05, 0.1) is 28.8 Å². The number of halogens is 6. The number of benzene rings is 2. The van der Waals surface area contributed by atoms with E-state index in [2.05, 4.69) is 15.1 Å². The van der Waals surface area contributed by atoms with Gasteiger partial charge < -0.3 is 5.32 Å². The van der Waals surface area contributed by atoms with Gasteiger partial charge in [0.1, 0.15) is 6.54 Å². The molecule has 0 bridgehead atoms. The highest BCUT2D eigenvalue weighted by molar-refractivity contribution is 7.88. The molecule has 2 N–H and O–H groups in total. The maximum Gasteiger partial charge on any atom is 0.390 e. The fraction of sp³-hybridized carbons (Fsp3) is 0.318. The average Bonchev–Trinajstić information content (AvgIpc) is 3.11. The molecule has 0 spiro atoms. The summed E-state index contributed by atoms with van der Waals surface area (Å²) < 4.78 is 66.3. The standard InChI is InChI=1S/C22H21Cl3F3N5O4S/c1-38(36,37)31-17(15-3-2-4-16(24)19(15)25)11-29-18(34)12-33-21(35)32(10-9-22(26,27)28)20(30-33)13-5-7-14(23)8-6-13/h2-8,17,31H,9-12H2,1H3,(H,29,34). The maximum atomic E-state index is 12.9. The van der Waals surface area contributed by atoms with E-state index in [1.165, 1.54) is 36.4 Å². The van der Waals surface area contributed by atoms with Gasteiger partial charge in [-0.3, -0.25) is 9.36 Å². The van der Waals surface area contributed by atoms with Gasteiger partial charge in [0.15, 0.2) is 5.82 Å². The van der Waals surface area contributed by atoms with Crippen LogP contribution in [0.15, 0.2) is 47.3 Å². The Balaban J connectivity index is 1.84. The monoisotopic (exact) mass is 613 g/mol. The summed E-state index contributed by atoms with van der Waals surface area (Å²) in [6, 6.07) is 9.49. The van der Waals surface area contributed by atoms with Gasteiger partial charge in [-0.05, 0) is 35.9 Å². The zero-order valence-corrected chi connectivity index (χ0v) is 22.7. The van der Waals surface area contributed by atoms with Crippen molar-refractivity contribution in [1.29, 1.82) is 0 Å². The van der Waals surface area contributed by atoms with Crippen molar-refractivity contribution in [3.63, 3.8) is 0 Å². The normalized spacial score (nSPS) is 12.9. The van der Waals surface area contributed by atoms with Crippen LogP contribution < -0.4 is 15.7 Å². The molecule has 0 fully saturated rings. The van der Waals surface area contributed by atoms with Gasteiger partial charge in [0.25, 0.3) is 0 Å². The number of sulfonamides is 1.